The lowest BCUT2D eigenvalue weighted by molar-refractivity contribution is 0.0553. The van der Waals surface area contributed by atoms with Gasteiger partial charge in [-0.25, -0.2) is 4.79 Å². The Morgan fingerprint density at radius 2 is 1.56 bits per heavy atom. The van der Waals surface area contributed by atoms with E-state index in [2.05, 4.69) is 12.1 Å². The lowest BCUT2D eigenvalue weighted by Gasteiger charge is -2.23. The maximum Gasteiger partial charge on any atom is 0.410 e. The highest BCUT2D eigenvalue weighted by Gasteiger charge is 2.50. The van der Waals surface area contributed by atoms with Crippen molar-refractivity contribution >= 4 is 12.0 Å². The summed E-state index contributed by atoms with van der Waals surface area (Å²) >= 11 is 0. The molecule has 0 aliphatic carbocycles. The van der Waals surface area contributed by atoms with Gasteiger partial charge in [-0.05, 0) is 29.2 Å². The van der Waals surface area contributed by atoms with E-state index in [1.807, 2.05) is 77.7 Å². The number of carbonyl (C=O) groups is 2. The SMILES string of the molecule is O=C1O[C@@]2(CCN(C(=O)c3ccccc3-c3ccccc3)C2)CN1CCc1ccccc1. The number of hydrogen-bond donors (Lipinski definition) is 0. The Kier molecular flexibility index (Phi) is 5.39. The van der Waals surface area contributed by atoms with Gasteiger partial charge in [-0.3, -0.25) is 4.79 Å². The molecule has 0 N–H and O–H groups in total. The Hall–Kier alpha value is -3.60. The third-order valence-electron chi connectivity index (χ3n) is 6.40. The third-order valence-corrected chi connectivity index (χ3v) is 6.40. The van der Waals surface area contributed by atoms with Crippen LogP contribution in [0.25, 0.3) is 11.1 Å². The summed E-state index contributed by atoms with van der Waals surface area (Å²) in [6, 6.07) is 27.8. The van der Waals surface area contributed by atoms with Crippen LogP contribution < -0.4 is 0 Å². The maximum atomic E-state index is 13.4. The molecule has 0 unspecified atom stereocenters. The zero-order valence-electron chi connectivity index (χ0n) is 17.9. The molecule has 0 radical (unpaired) electrons. The standard InChI is InChI=1S/C27H26N2O3/c30-25(24-14-8-7-13-23(24)22-11-5-2-6-12-22)28-18-16-27(19-28)20-29(26(31)32-27)17-15-21-9-3-1-4-10-21/h1-14H,15-20H2/t27-/m1/s1. The van der Waals surface area contributed by atoms with Crippen molar-refractivity contribution in [2.75, 3.05) is 26.2 Å². The van der Waals surface area contributed by atoms with Crippen molar-refractivity contribution in [2.45, 2.75) is 18.4 Å². The summed E-state index contributed by atoms with van der Waals surface area (Å²) in [5.41, 5.74) is 3.21. The molecule has 1 spiro atoms. The number of rotatable bonds is 5. The van der Waals surface area contributed by atoms with Crippen LogP contribution in [-0.2, 0) is 11.2 Å². The Balaban J connectivity index is 1.28. The van der Waals surface area contributed by atoms with Gasteiger partial charge in [0.15, 0.2) is 5.60 Å². The molecule has 2 amide bonds. The molecule has 0 bridgehead atoms. The summed E-state index contributed by atoms with van der Waals surface area (Å²) in [4.78, 5) is 29.6. The maximum absolute atomic E-state index is 13.4. The molecule has 2 fully saturated rings. The van der Waals surface area contributed by atoms with Gasteiger partial charge in [0, 0.05) is 25.1 Å². The fourth-order valence-electron chi connectivity index (χ4n) is 4.71. The van der Waals surface area contributed by atoms with Gasteiger partial charge < -0.3 is 14.5 Å². The molecule has 2 aliphatic heterocycles. The van der Waals surface area contributed by atoms with Gasteiger partial charge in [0.25, 0.3) is 5.91 Å². The second kappa shape index (κ2) is 8.50. The lowest BCUT2D eigenvalue weighted by Crippen LogP contribution is -2.39. The van der Waals surface area contributed by atoms with Crippen molar-refractivity contribution in [3.8, 4) is 11.1 Å². The highest BCUT2D eigenvalue weighted by molar-refractivity contribution is 6.01. The van der Waals surface area contributed by atoms with Gasteiger partial charge >= 0.3 is 6.09 Å². The monoisotopic (exact) mass is 426 g/mol. The van der Waals surface area contributed by atoms with Crippen LogP contribution in [0.5, 0.6) is 0 Å². The molecular formula is C27H26N2O3. The number of benzene rings is 3. The quantitative estimate of drug-likeness (QED) is 0.598. The van der Waals surface area contributed by atoms with Crippen LogP contribution in [-0.4, -0.2) is 53.6 Å². The van der Waals surface area contributed by atoms with Crippen LogP contribution in [0.1, 0.15) is 22.3 Å². The van der Waals surface area contributed by atoms with E-state index in [0.29, 0.717) is 38.2 Å². The lowest BCUT2D eigenvalue weighted by atomic mass is 9.99. The molecule has 3 aromatic carbocycles. The fraction of sp³-hybridized carbons (Fsp3) is 0.259. The largest absolute Gasteiger partial charge is 0.439 e. The summed E-state index contributed by atoms with van der Waals surface area (Å²) in [5.74, 6) is -0.0138. The highest BCUT2D eigenvalue weighted by Crippen LogP contribution is 2.34. The summed E-state index contributed by atoms with van der Waals surface area (Å²) in [5, 5.41) is 0. The molecule has 2 aliphatic rings. The number of carbonyl (C=O) groups excluding carboxylic acids is 2. The normalized spacial score (nSPS) is 20.1. The molecule has 2 saturated heterocycles. The van der Waals surface area contributed by atoms with Crippen molar-refractivity contribution < 1.29 is 14.3 Å². The van der Waals surface area contributed by atoms with Gasteiger partial charge in [-0.15, -0.1) is 0 Å². The summed E-state index contributed by atoms with van der Waals surface area (Å²) < 4.78 is 5.84. The molecule has 5 rings (SSSR count). The first kappa shape index (κ1) is 20.3. The Morgan fingerprint density at radius 1 is 0.875 bits per heavy atom. The molecule has 3 aromatic rings. The van der Waals surface area contributed by atoms with E-state index in [4.69, 9.17) is 4.74 Å². The molecule has 162 valence electrons. The van der Waals surface area contributed by atoms with Crippen LogP contribution in [0.4, 0.5) is 4.79 Å². The number of amides is 2. The van der Waals surface area contributed by atoms with Crippen molar-refractivity contribution in [1.29, 1.82) is 0 Å². The minimum Gasteiger partial charge on any atom is -0.439 e. The zero-order valence-corrected chi connectivity index (χ0v) is 17.9. The first-order valence-electron chi connectivity index (χ1n) is 11.1. The van der Waals surface area contributed by atoms with Gasteiger partial charge in [-0.1, -0.05) is 78.9 Å². The molecule has 2 heterocycles. The van der Waals surface area contributed by atoms with Crippen LogP contribution in [0.3, 0.4) is 0 Å². The topological polar surface area (TPSA) is 49.9 Å². The molecule has 32 heavy (non-hydrogen) atoms. The second-order valence-corrected chi connectivity index (χ2v) is 8.60. The van der Waals surface area contributed by atoms with E-state index in [1.54, 1.807) is 4.90 Å². The highest BCUT2D eigenvalue weighted by atomic mass is 16.6. The average molecular weight is 427 g/mol. The first-order valence-corrected chi connectivity index (χ1v) is 11.1. The van der Waals surface area contributed by atoms with Crippen LogP contribution in [0.15, 0.2) is 84.9 Å². The predicted molar refractivity (Wildman–Crippen MR) is 123 cm³/mol. The summed E-state index contributed by atoms with van der Waals surface area (Å²) in [6.07, 6.45) is 1.18. The molecular weight excluding hydrogens is 400 g/mol. The van der Waals surface area contributed by atoms with E-state index in [1.165, 1.54) is 5.56 Å². The van der Waals surface area contributed by atoms with E-state index in [9.17, 15) is 9.59 Å². The first-order chi connectivity index (χ1) is 15.6. The molecule has 0 saturated carbocycles. The third kappa shape index (κ3) is 3.98. The van der Waals surface area contributed by atoms with Crippen LogP contribution in [0.2, 0.25) is 0 Å². The van der Waals surface area contributed by atoms with Crippen LogP contribution in [0, 0.1) is 0 Å². The molecule has 1 atom stereocenters. The molecule has 5 nitrogen and oxygen atoms in total. The average Bonchev–Trinajstić information content (AvgIpc) is 3.40. The zero-order chi connectivity index (χ0) is 22.0. The van der Waals surface area contributed by atoms with Gasteiger partial charge in [0.1, 0.15) is 0 Å². The van der Waals surface area contributed by atoms with E-state index >= 15 is 0 Å². The van der Waals surface area contributed by atoms with E-state index in [0.717, 1.165) is 17.5 Å². The van der Waals surface area contributed by atoms with Gasteiger partial charge in [0.05, 0.1) is 13.1 Å². The van der Waals surface area contributed by atoms with Crippen molar-refractivity contribution in [3.05, 3.63) is 96.1 Å². The fourth-order valence-corrected chi connectivity index (χ4v) is 4.71. The number of ether oxygens (including phenoxy) is 1. The summed E-state index contributed by atoms with van der Waals surface area (Å²) in [7, 11) is 0. The van der Waals surface area contributed by atoms with Crippen molar-refractivity contribution in [1.82, 2.24) is 9.80 Å². The number of likely N-dealkylation sites (tertiary alicyclic amines) is 1. The van der Waals surface area contributed by atoms with E-state index < -0.39 is 5.60 Å². The minimum absolute atomic E-state index is 0.0138. The Labute approximate surface area is 188 Å². The molecule has 0 aromatic heterocycles. The predicted octanol–water partition coefficient (Wildman–Crippen LogP) is 4.63. The van der Waals surface area contributed by atoms with E-state index in [-0.39, 0.29) is 12.0 Å². The minimum atomic E-state index is -0.606. The Bertz CT molecular complexity index is 1120. The van der Waals surface area contributed by atoms with Gasteiger partial charge in [0.2, 0.25) is 0 Å². The summed E-state index contributed by atoms with van der Waals surface area (Å²) in [6.45, 7) is 2.17. The molecule has 5 heteroatoms. The smallest absolute Gasteiger partial charge is 0.410 e. The van der Waals surface area contributed by atoms with Crippen LogP contribution >= 0.6 is 0 Å². The number of nitrogens with zero attached hydrogens (tertiary/aromatic N) is 2. The second-order valence-electron chi connectivity index (χ2n) is 8.60. The van der Waals surface area contributed by atoms with Crippen molar-refractivity contribution in [2.24, 2.45) is 0 Å². The van der Waals surface area contributed by atoms with Crippen molar-refractivity contribution in [3.63, 3.8) is 0 Å². The Morgan fingerprint density at radius 3 is 2.34 bits per heavy atom. The van der Waals surface area contributed by atoms with Gasteiger partial charge in [-0.2, -0.15) is 0 Å². The number of hydrogen-bond acceptors (Lipinski definition) is 3.